The SMILES string of the molecule is CNc1cc2c(cn1)c(-c1cnn(C)c1)nn2C1CCC(Oc2cnn(C)c2C(F)(F)F)CC1. The Hall–Kier alpha value is -3.57. The predicted octanol–water partition coefficient (Wildman–Crippen LogP) is 4.19. The van der Waals surface area contributed by atoms with E-state index >= 15 is 0 Å². The third kappa shape index (κ3) is 3.97. The molecule has 1 saturated carbocycles. The molecule has 4 heterocycles. The molecule has 0 spiro atoms. The number of rotatable bonds is 5. The third-order valence-corrected chi connectivity index (χ3v) is 6.28. The summed E-state index contributed by atoms with van der Waals surface area (Å²) in [5, 5.41) is 16.9. The average molecular weight is 474 g/mol. The Morgan fingerprint density at radius 1 is 1.06 bits per heavy atom. The minimum absolute atomic E-state index is 0.0934. The van der Waals surface area contributed by atoms with E-state index < -0.39 is 11.9 Å². The Morgan fingerprint density at radius 3 is 2.47 bits per heavy atom. The van der Waals surface area contributed by atoms with E-state index in [1.807, 2.05) is 37.2 Å². The van der Waals surface area contributed by atoms with Crippen LogP contribution in [-0.4, -0.2) is 47.5 Å². The predicted molar refractivity (Wildman–Crippen MR) is 119 cm³/mol. The van der Waals surface area contributed by atoms with Crippen LogP contribution in [0.15, 0.2) is 30.9 Å². The Kier molecular flexibility index (Phi) is 5.45. The van der Waals surface area contributed by atoms with E-state index in [2.05, 4.69) is 20.5 Å². The highest BCUT2D eigenvalue weighted by Crippen LogP contribution is 2.39. The number of nitrogens with one attached hydrogen (secondary N) is 1. The van der Waals surface area contributed by atoms with E-state index in [4.69, 9.17) is 9.84 Å². The van der Waals surface area contributed by atoms with Gasteiger partial charge in [-0.05, 0) is 25.7 Å². The molecule has 0 aromatic carbocycles. The number of alkyl halides is 3. The lowest BCUT2D eigenvalue weighted by molar-refractivity contribution is -0.145. The maximum absolute atomic E-state index is 13.4. The number of fused-ring (bicyclic) bond motifs is 1. The zero-order valence-electron chi connectivity index (χ0n) is 19.0. The Morgan fingerprint density at radius 2 is 1.82 bits per heavy atom. The monoisotopic (exact) mass is 474 g/mol. The number of ether oxygens (including phenoxy) is 1. The molecule has 1 fully saturated rings. The lowest BCUT2D eigenvalue weighted by Crippen LogP contribution is -2.27. The summed E-state index contributed by atoms with van der Waals surface area (Å²) in [4.78, 5) is 4.45. The van der Waals surface area contributed by atoms with Gasteiger partial charge in [0.25, 0.3) is 0 Å². The molecule has 0 saturated heterocycles. The van der Waals surface area contributed by atoms with Crippen LogP contribution in [0.3, 0.4) is 0 Å². The quantitative estimate of drug-likeness (QED) is 0.467. The van der Waals surface area contributed by atoms with Gasteiger partial charge in [-0.2, -0.15) is 28.5 Å². The maximum atomic E-state index is 13.4. The highest BCUT2D eigenvalue weighted by Gasteiger charge is 2.39. The number of hydrogen-bond acceptors (Lipinski definition) is 6. The Balaban J connectivity index is 1.39. The van der Waals surface area contributed by atoms with Crippen molar-refractivity contribution in [3.8, 4) is 17.0 Å². The molecule has 1 aliphatic rings. The molecule has 1 aliphatic carbocycles. The summed E-state index contributed by atoms with van der Waals surface area (Å²) < 4.78 is 50.4. The summed E-state index contributed by atoms with van der Waals surface area (Å²) in [6.07, 6.45) is 4.49. The first kappa shape index (κ1) is 22.2. The van der Waals surface area contributed by atoms with E-state index in [1.54, 1.807) is 10.9 Å². The molecule has 0 amide bonds. The van der Waals surface area contributed by atoms with Crippen molar-refractivity contribution in [1.82, 2.24) is 34.3 Å². The first-order valence-electron chi connectivity index (χ1n) is 11.1. The van der Waals surface area contributed by atoms with Crippen molar-refractivity contribution in [3.63, 3.8) is 0 Å². The van der Waals surface area contributed by atoms with Crippen molar-refractivity contribution >= 4 is 16.7 Å². The molecule has 0 aliphatic heterocycles. The first-order valence-corrected chi connectivity index (χ1v) is 11.1. The van der Waals surface area contributed by atoms with Crippen LogP contribution >= 0.6 is 0 Å². The molecule has 12 heteroatoms. The fourth-order valence-corrected chi connectivity index (χ4v) is 4.62. The van der Waals surface area contributed by atoms with Crippen LogP contribution in [0, 0.1) is 0 Å². The maximum Gasteiger partial charge on any atom is 0.436 e. The van der Waals surface area contributed by atoms with Gasteiger partial charge in [0.2, 0.25) is 0 Å². The van der Waals surface area contributed by atoms with Gasteiger partial charge in [0, 0.05) is 50.6 Å². The molecule has 0 radical (unpaired) electrons. The van der Waals surface area contributed by atoms with Gasteiger partial charge in [-0.1, -0.05) is 0 Å². The summed E-state index contributed by atoms with van der Waals surface area (Å²) >= 11 is 0. The van der Waals surface area contributed by atoms with E-state index in [-0.39, 0.29) is 17.9 Å². The molecule has 4 aromatic heterocycles. The molecule has 0 unspecified atom stereocenters. The molecule has 1 N–H and O–H groups in total. The van der Waals surface area contributed by atoms with Crippen molar-refractivity contribution in [1.29, 1.82) is 0 Å². The summed E-state index contributed by atoms with van der Waals surface area (Å²) in [5.41, 5.74) is 1.80. The number of aryl methyl sites for hydroxylation is 2. The lowest BCUT2D eigenvalue weighted by Gasteiger charge is -2.29. The Labute approximate surface area is 193 Å². The molecule has 0 bridgehead atoms. The number of hydrogen-bond donors (Lipinski definition) is 1. The van der Waals surface area contributed by atoms with Crippen LogP contribution in [0.5, 0.6) is 5.75 Å². The van der Waals surface area contributed by atoms with Crippen LogP contribution in [0.4, 0.5) is 19.0 Å². The topological polar surface area (TPSA) is 87.6 Å². The molecule has 34 heavy (non-hydrogen) atoms. The molecular formula is C22H25F3N8O. The number of halogens is 3. The standard InChI is InChI=1S/C22H25F3N8O/c1-26-19-8-17-16(10-27-19)20(13-9-28-31(2)12-13)30-33(17)14-4-6-15(7-5-14)34-18-11-29-32(3)21(18)22(23,24)25/h8-12,14-15H,4-7H2,1-3H3,(H,26,27). The van der Waals surface area contributed by atoms with E-state index in [0.717, 1.165) is 51.7 Å². The zero-order valence-corrected chi connectivity index (χ0v) is 19.0. The van der Waals surface area contributed by atoms with Crippen LogP contribution in [0.25, 0.3) is 22.2 Å². The summed E-state index contributed by atoms with van der Waals surface area (Å²) in [5.74, 6) is 0.520. The fourth-order valence-electron chi connectivity index (χ4n) is 4.62. The van der Waals surface area contributed by atoms with Gasteiger partial charge >= 0.3 is 6.18 Å². The second kappa shape index (κ2) is 8.33. The first-order chi connectivity index (χ1) is 16.2. The highest BCUT2D eigenvalue weighted by molar-refractivity contribution is 5.93. The average Bonchev–Trinajstić information content (AvgIpc) is 3.50. The van der Waals surface area contributed by atoms with Crippen LogP contribution in [0.2, 0.25) is 0 Å². The lowest BCUT2D eigenvalue weighted by atomic mass is 9.93. The molecular weight excluding hydrogens is 449 g/mol. The fraction of sp³-hybridized carbons (Fsp3) is 0.455. The summed E-state index contributed by atoms with van der Waals surface area (Å²) in [6.45, 7) is 0. The molecule has 0 atom stereocenters. The van der Waals surface area contributed by atoms with Gasteiger partial charge in [-0.25, -0.2) is 4.98 Å². The minimum atomic E-state index is -4.52. The smallest absolute Gasteiger partial charge is 0.436 e. The van der Waals surface area contributed by atoms with E-state index in [9.17, 15) is 13.2 Å². The van der Waals surface area contributed by atoms with Crippen molar-refractivity contribution in [2.75, 3.05) is 12.4 Å². The minimum Gasteiger partial charge on any atom is -0.486 e. The van der Waals surface area contributed by atoms with Gasteiger partial charge in [0.05, 0.1) is 30.1 Å². The van der Waals surface area contributed by atoms with Gasteiger partial charge in [-0.3, -0.25) is 14.0 Å². The number of anilines is 1. The third-order valence-electron chi connectivity index (χ3n) is 6.28. The van der Waals surface area contributed by atoms with Crippen LogP contribution in [-0.2, 0) is 20.3 Å². The zero-order chi connectivity index (χ0) is 24.0. The summed E-state index contributed by atoms with van der Waals surface area (Å²) in [6, 6.07) is 2.06. The normalized spacial score (nSPS) is 19.0. The molecule has 4 aromatic rings. The highest BCUT2D eigenvalue weighted by atomic mass is 19.4. The molecule has 5 rings (SSSR count). The van der Waals surface area contributed by atoms with Crippen LogP contribution < -0.4 is 10.1 Å². The van der Waals surface area contributed by atoms with Crippen LogP contribution in [0.1, 0.15) is 37.4 Å². The second-order valence-corrected chi connectivity index (χ2v) is 8.56. The van der Waals surface area contributed by atoms with E-state index in [1.165, 1.54) is 7.05 Å². The van der Waals surface area contributed by atoms with Crippen molar-refractivity contribution in [2.45, 2.75) is 44.0 Å². The largest absolute Gasteiger partial charge is 0.486 e. The van der Waals surface area contributed by atoms with Gasteiger partial charge in [-0.15, -0.1) is 0 Å². The van der Waals surface area contributed by atoms with Crippen molar-refractivity contribution in [3.05, 3.63) is 36.5 Å². The van der Waals surface area contributed by atoms with Gasteiger partial charge in [0.1, 0.15) is 11.5 Å². The van der Waals surface area contributed by atoms with Gasteiger partial charge in [0.15, 0.2) is 11.4 Å². The van der Waals surface area contributed by atoms with Crippen molar-refractivity contribution in [2.24, 2.45) is 14.1 Å². The van der Waals surface area contributed by atoms with Crippen molar-refractivity contribution < 1.29 is 17.9 Å². The van der Waals surface area contributed by atoms with Gasteiger partial charge < -0.3 is 10.1 Å². The summed E-state index contributed by atoms with van der Waals surface area (Å²) in [7, 11) is 4.93. The molecule has 180 valence electrons. The Bertz CT molecular complexity index is 1310. The van der Waals surface area contributed by atoms with E-state index in [0.29, 0.717) is 12.8 Å². The number of aromatic nitrogens is 7. The second-order valence-electron chi connectivity index (χ2n) is 8.56. The number of nitrogens with zero attached hydrogens (tertiary/aromatic N) is 7. The number of pyridine rings is 1. The molecule has 9 nitrogen and oxygen atoms in total.